The van der Waals surface area contributed by atoms with Crippen LogP contribution < -0.4 is 10.6 Å². The molecule has 1 aromatic carbocycles. The Morgan fingerprint density at radius 1 is 1.16 bits per heavy atom. The molecule has 0 radical (unpaired) electrons. The van der Waals surface area contributed by atoms with Crippen molar-refractivity contribution in [1.29, 1.82) is 0 Å². The predicted molar refractivity (Wildman–Crippen MR) is 142 cm³/mol. The molecule has 0 spiro atoms. The van der Waals surface area contributed by atoms with Gasteiger partial charge in [0.2, 0.25) is 0 Å². The van der Waals surface area contributed by atoms with Crippen LogP contribution in [-0.4, -0.2) is 72.3 Å². The van der Waals surface area contributed by atoms with Crippen molar-refractivity contribution in [2.75, 3.05) is 44.7 Å². The number of rotatable bonds is 16. The van der Waals surface area contributed by atoms with Gasteiger partial charge in [-0.1, -0.05) is 24.3 Å². The molecule has 0 saturated heterocycles. The lowest BCUT2D eigenvalue weighted by Crippen LogP contribution is -2.44. The number of hydrogen-bond acceptors (Lipinski definition) is 6. The van der Waals surface area contributed by atoms with Crippen LogP contribution in [0, 0.1) is 0 Å². The number of carbonyl (C=O) groups is 2. The molecule has 1 aliphatic heterocycles. The summed E-state index contributed by atoms with van der Waals surface area (Å²) in [4.78, 5) is 31.3. The summed E-state index contributed by atoms with van der Waals surface area (Å²) >= 11 is 0. The number of amides is 1. The first-order valence-corrected chi connectivity index (χ1v) is 13.3. The smallest absolute Gasteiger partial charge is 0.326 e. The predicted octanol–water partition coefficient (Wildman–Crippen LogP) is 4.31. The lowest BCUT2D eigenvalue weighted by Gasteiger charge is -2.24. The second-order valence-corrected chi connectivity index (χ2v) is 9.38. The van der Waals surface area contributed by atoms with Crippen molar-refractivity contribution < 1.29 is 28.2 Å². The van der Waals surface area contributed by atoms with Crippen molar-refractivity contribution in [3.63, 3.8) is 0 Å². The molecular formula is C28H38F2N4O4. The Morgan fingerprint density at radius 3 is 2.74 bits per heavy atom. The normalized spacial score (nSPS) is 13.7. The first-order chi connectivity index (χ1) is 18.4. The Kier molecular flexibility index (Phi) is 11.9. The maximum absolute atomic E-state index is 13.3. The van der Waals surface area contributed by atoms with E-state index < -0.39 is 29.9 Å². The van der Waals surface area contributed by atoms with Gasteiger partial charge in [-0.3, -0.25) is 4.79 Å². The van der Waals surface area contributed by atoms with Crippen LogP contribution in [0.15, 0.2) is 36.4 Å². The lowest BCUT2D eigenvalue weighted by molar-refractivity contribution is -0.139. The van der Waals surface area contributed by atoms with Gasteiger partial charge in [-0.15, -0.1) is 0 Å². The third-order valence-electron chi connectivity index (χ3n) is 6.64. The fourth-order valence-corrected chi connectivity index (χ4v) is 4.52. The van der Waals surface area contributed by atoms with Gasteiger partial charge in [0.15, 0.2) is 0 Å². The Hall–Kier alpha value is -3.11. The van der Waals surface area contributed by atoms with Crippen LogP contribution in [0.2, 0.25) is 0 Å². The number of carboxylic acid groups (broad SMARTS) is 1. The SMILES string of the molecule is CCOCCN(CCCCc1ccc2c(n1)NCCC2)CCC(NC(=O)c1ccccc1C(F)F)C(=O)O. The minimum absolute atomic E-state index is 0.141. The van der Waals surface area contributed by atoms with Crippen LogP contribution in [0.5, 0.6) is 0 Å². The first-order valence-electron chi connectivity index (χ1n) is 13.3. The number of ether oxygens (including phenoxy) is 1. The van der Waals surface area contributed by atoms with Gasteiger partial charge in [0, 0.05) is 43.1 Å². The molecule has 2 aromatic rings. The van der Waals surface area contributed by atoms with Crippen molar-refractivity contribution in [2.24, 2.45) is 0 Å². The number of carbonyl (C=O) groups excluding carboxylic acids is 1. The molecular weight excluding hydrogens is 494 g/mol. The number of nitrogens with one attached hydrogen (secondary N) is 2. The van der Waals surface area contributed by atoms with Crippen molar-refractivity contribution in [3.05, 3.63) is 58.8 Å². The second kappa shape index (κ2) is 15.3. The number of alkyl halides is 2. The molecule has 3 N–H and O–H groups in total. The number of fused-ring (bicyclic) bond motifs is 1. The fourth-order valence-electron chi connectivity index (χ4n) is 4.52. The molecule has 208 valence electrons. The molecule has 8 nitrogen and oxygen atoms in total. The molecule has 1 aromatic heterocycles. The average molecular weight is 533 g/mol. The van der Waals surface area contributed by atoms with E-state index in [1.807, 2.05) is 6.92 Å². The van der Waals surface area contributed by atoms with Crippen LogP contribution in [-0.2, 0) is 22.4 Å². The van der Waals surface area contributed by atoms with E-state index in [-0.39, 0.29) is 12.0 Å². The number of halogens is 2. The molecule has 10 heteroatoms. The molecule has 0 bridgehead atoms. The molecule has 1 aliphatic rings. The van der Waals surface area contributed by atoms with E-state index in [1.54, 1.807) is 0 Å². The van der Waals surface area contributed by atoms with Crippen LogP contribution in [0.3, 0.4) is 0 Å². The summed E-state index contributed by atoms with van der Waals surface area (Å²) in [5.41, 5.74) is 1.68. The van der Waals surface area contributed by atoms with Crippen LogP contribution >= 0.6 is 0 Å². The van der Waals surface area contributed by atoms with Gasteiger partial charge in [0.25, 0.3) is 12.3 Å². The van der Waals surface area contributed by atoms with Crippen LogP contribution in [0.1, 0.15) is 66.2 Å². The van der Waals surface area contributed by atoms with Crippen molar-refractivity contribution in [3.8, 4) is 0 Å². The summed E-state index contributed by atoms with van der Waals surface area (Å²) in [7, 11) is 0. The Labute approximate surface area is 222 Å². The standard InChI is InChI=1S/C28H38F2N4O4/c1-2-38-19-18-34(16-6-5-9-21-13-12-20-8-7-15-31-26(20)32-21)17-14-24(28(36)37)33-27(35)23-11-4-3-10-22(23)25(29)30/h3-4,10-13,24-25H,2,5-9,14-19H2,1H3,(H,31,32)(H,33,35)(H,36,37). The topological polar surface area (TPSA) is 104 Å². The van der Waals surface area contributed by atoms with E-state index in [1.165, 1.54) is 29.8 Å². The Balaban J connectivity index is 1.52. The van der Waals surface area contributed by atoms with Crippen LogP contribution in [0.4, 0.5) is 14.6 Å². The van der Waals surface area contributed by atoms with Crippen molar-refractivity contribution in [1.82, 2.24) is 15.2 Å². The third-order valence-corrected chi connectivity index (χ3v) is 6.64. The maximum Gasteiger partial charge on any atom is 0.326 e. The lowest BCUT2D eigenvalue weighted by atomic mass is 10.1. The highest BCUT2D eigenvalue weighted by atomic mass is 19.3. The van der Waals surface area contributed by atoms with Gasteiger partial charge >= 0.3 is 5.97 Å². The molecule has 2 heterocycles. The maximum atomic E-state index is 13.3. The summed E-state index contributed by atoms with van der Waals surface area (Å²) in [5, 5.41) is 15.5. The number of unbranched alkanes of at least 4 members (excludes halogenated alkanes) is 1. The average Bonchev–Trinajstić information content (AvgIpc) is 2.92. The zero-order valence-electron chi connectivity index (χ0n) is 21.9. The molecule has 1 unspecified atom stereocenters. The molecule has 0 fully saturated rings. The van der Waals surface area contributed by atoms with E-state index in [4.69, 9.17) is 9.72 Å². The quantitative estimate of drug-likeness (QED) is 0.277. The third kappa shape index (κ3) is 9.02. The van der Waals surface area contributed by atoms with Gasteiger partial charge in [0.1, 0.15) is 11.9 Å². The summed E-state index contributed by atoms with van der Waals surface area (Å²) < 4.78 is 32.1. The molecule has 1 amide bonds. The number of benzene rings is 1. The van der Waals surface area contributed by atoms with Crippen molar-refractivity contribution >= 4 is 17.7 Å². The highest BCUT2D eigenvalue weighted by Gasteiger charge is 2.24. The van der Waals surface area contributed by atoms with Gasteiger partial charge < -0.3 is 25.4 Å². The van der Waals surface area contributed by atoms with E-state index in [0.29, 0.717) is 26.3 Å². The van der Waals surface area contributed by atoms with E-state index >= 15 is 0 Å². The van der Waals surface area contributed by atoms with Gasteiger partial charge in [0.05, 0.1) is 6.61 Å². The summed E-state index contributed by atoms with van der Waals surface area (Å²) in [6.07, 6.45) is 2.17. The largest absolute Gasteiger partial charge is 0.480 e. The Morgan fingerprint density at radius 2 is 1.97 bits per heavy atom. The fraction of sp³-hybridized carbons (Fsp3) is 0.536. The Bertz CT molecular complexity index is 1050. The number of aromatic nitrogens is 1. The summed E-state index contributed by atoms with van der Waals surface area (Å²) in [6, 6.07) is 8.38. The first kappa shape index (κ1) is 29.4. The number of nitrogens with zero attached hydrogens (tertiary/aromatic N) is 2. The van der Waals surface area contributed by atoms with Gasteiger partial charge in [-0.25, -0.2) is 18.6 Å². The number of anilines is 1. The number of aryl methyl sites for hydroxylation is 2. The van der Waals surface area contributed by atoms with E-state index in [2.05, 4.69) is 27.7 Å². The molecule has 38 heavy (non-hydrogen) atoms. The van der Waals surface area contributed by atoms with E-state index in [9.17, 15) is 23.5 Å². The molecule has 3 rings (SSSR count). The van der Waals surface area contributed by atoms with E-state index in [0.717, 1.165) is 56.7 Å². The second-order valence-electron chi connectivity index (χ2n) is 9.38. The molecule has 0 saturated carbocycles. The highest BCUT2D eigenvalue weighted by Crippen LogP contribution is 2.23. The minimum Gasteiger partial charge on any atom is -0.480 e. The number of hydrogen-bond donors (Lipinski definition) is 3. The minimum atomic E-state index is -2.83. The molecule has 0 aliphatic carbocycles. The number of pyridine rings is 1. The zero-order chi connectivity index (χ0) is 27.3. The van der Waals surface area contributed by atoms with Gasteiger partial charge in [-0.05, 0) is 69.7 Å². The monoisotopic (exact) mass is 532 g/mol. The number of carboxylic acids is 1. The van der Waals surface area contributed by atoms with Crippen LogP contribution in [0.25, 0.3) is 0 Å². The number of aliphatic carboxylic acids is 1. The van der Waals surface area contributed by atoms with Crippen molar-refractivity contribution in [2.45, 2.75) is 57.9 Å². The molecule has 1 atom stereocenters. The summed E-state index contributed by atoms with van der Waals surface area (Å²) in [5.74, 6) is -1.03. The summed E-state index contributed by atoms with van der Waals surface area (Å²) in [6.45, 7) is 5.76. The zero-order valence-corrected chi connectivity index (χ0v) is 21.9. The highest BCUT2D eigenvalue weighted by molar-refractivity contribution is 5.97. The van der Waals surface area contributed by atoms with Gasteiger partial charge in [-0.2, -0.15) is 0 Å².